The standard InChI is InChI=1S/C11H12O/c12-8-4-3-7-9-5-1-2-6(5)10(8)11(7)9/h1-12H. The fraction of sp³-hybridized carbons (Fsp3) is 0.636. The van der Waals surface area contributed by atoms with Gasteiger partial charge in [-0.3, -0.25) is 0 Å². The summed E-state index contributed by atoms with van der Waals surface area (Å²) in [6, 6.07) is 0. The second-order valence-corrected chi connectivity index (χ2v) is 4.72. The molecule has 4 aliphatic rings. The topological polar surface area (TPSA) is 20.2 Å². The van der Waals surface area contributed by atoms with E-state index in [9.17, 15) is 5.11 Å². The van der Waals surface area contributed by atoms with Crippen molar-refractivity contribution >= 4 is 0 Å². The lowest BCUT2D eigenvalue weighted by molar-refractivity contribution is 0.101. The Morgan fingerprint density at radius 2 is 1.33 bits per heavy atom. The smallest absolute Gasteiger partial charge is 0.0758 e. The van der Waals surface area contributed by atoms with E-state index in [1.807, 2.05) is 6.08 Å². The molecule has 1 heteroatoms. The molecule has 0 aromatic rings. The van der Waals surface area contributed by atoms with Crippen molar-refractivity contribution in [2.24, 2.45) is 35.5 Å². The summed E-state index contributed by atoms with van der Waals surface area (Å²) in [5.41, 5.74) is 0. The Kier molecular flexibility index (Phi) is 0.776. The molecule has 0 aromatic heterocycles. The minimum Gasteiger partial charge on any atom is -0.389 e. The van der Waals surface area contributed by atoms with Gasteiger partial charge in [0.05, 0.1) is 6.10 Å². The minimum atomic E-state index is -0.142. The summed E-state index contributed by atoms with van der Waals surface area (Å²) >= 11 is 0. The highest BCUT2D eigenvalue weighted by Gasteiger charge is 2.68. The molecule has 0 amide bonds. The van der Waals surface area contributed by atoms with Crippen molar-refractivity contribution in [3.05, 3.63) is 24.3 Å². The Morgan fingerprint density at radius 3 is 2.08 bits per heavy atom. The molecule has 0 bridgehead atoms. The maximum absolute atomic E-state index is 9.79. The van der Waals surface area contributed by atoms with Gasteiger partial charge in [-0.25, -0.2) is 0 Å². The molecule has 7 unspecified atom stereocenters. The Balaban J connectivity index is 1.85. The van der Waals surface area contributed by atoms with Crippen LogP contribution in [0.15, 0.2) is 24.3 Å². The zero-order valence-corrected chi connectivity index (χ0v) is 6.80. The number of hydrogen-bond acceptors (Lipinski definition) is 1. The van der Waals surface area contributed by atoms with E-state index in [0.29, 0.717) is 5.92 Å². The van der Waals surface area contributed by atoms with Gasteiger partial charge >= 0.3 is 0 Å². The Morgan fingerprint density at radius 1 is 0.667 bits per heavy atom. The molecule has 12 heavy (non-hydrogen) atoms. The fourth-order valence-electron chi connectivity index (χ4n) is 3.89. The van der Waals surface area contributed by atoms with Crippen molar-refractivity contribution in [3.63, 3.8) is 0 Å². The van der Waals surface area contributed by atoms with Gasteiger partial charge in [-0.1, -0.05) is 24.3 Å². The number of hydrogen-bond donors (Lipinski definition) is 1. The lowest BCUT2D eigenvalue weighted by atomic mass is 9.71. The highest BCUT2D eigenvalue weighted by molar-refractivity contribution is 5.34. The Hall–Kier alpha value is -0.560. The largest absolute Gasteiger partial charge is 0.389 e. The molecule has 0 aromatic carbocycles. The zero-order valence-electron chi connectivity index (χ0n) is 6.80. The van der Waals surface area contributed by atoms with Crippen molar-refractivity contribution in [3.8, 4) is 0 Å². The van der Waals surface area contributed by atoms with Crippen LogP contribution in [0.1, 0.15) is 0 Å². The highest BCUT2D eigenvalue weighted by atomic mass is 16.3. The maximum atomic E-state index is 9.79. The van der Waals surface area contributed by atoms with Gasteiger partial charge in [0.15, 0.2) is 0 Å². The first kappa shape index (κ1) is 5.98. The summed E-state index contributed by atoms with van der Waals surface area (Å²) in [7, 11) is 0. The van der Waals surface area contributed by atoms with E-state index in [1.54, 1.807) is 0 Å². The molecule has 1 nitrogen and oxygen atoms in total. The van der Waals surface area contributed by atoms with E-state index in [1.165, 1.54) is 0 Å². The lowest BCUT2D eigenvalue weighted by Crippen LogP contribution is -2.34. The highest BCUT2D eigenvalue weighted by Crippen LogP contribution is 2.71. The van der Waals surface area contributed by atoms with Crippen LogP contribution in [0.5, 0.6) is 0 Å². The molecule has 2 fully saturated rings. The third kappa shape index (κ3) is 0.432. The lowest BCUT2D eigenvalue weighted by Gasteiger charge is -2.35. The number of allylic oxidation sites excluding steroid dienone is 3. The summed E-state index contributed by atoms with van der Waals surface area (Å²) < 4.78 is 0. The average Bonchev–Trinajstić information content (AvgIpc) is 2.62. The van der Waals surface area contributed by atoms with Crippen molar-refractivity contribution in [1.82, 2.24) is 0 Å². The molecule has 0 heterocycles. The second kappa shape index (κ2) is 1.56. The molecule has 4 aliphatic carbocycles. The average molecular weight is 160 g/mol. The number of aliphatic hydroxyl groups excluding tert-OH is 1. The van der Waals surface area contributed by atoms with Crippen molar-refractivity contribution in [2.75, 3.05) is 0 Å². The van der Waals surface area contributed by atoms with E-state index in [2.05, 4.69) is 18.2 Å². The molecule has 0 aliphatic heterocycles. The number of fused-ring (bicyclic) bond motifs is 4. The molecule has 0 saturated heterocycles. The molecule has 7 atom stereocenters. The van der Waals surface area contributed by atoms with Crippen molar-refractivity contribution < 1.29 is 5.11 Å². The first-order chi connectivity index (χ1) is 5.88. The van der Waals surface area contributed by atoms with Crippen LogP contribution in [0, 0.1) is 35.5 Å². The predicted molar refractivity (Wildman–Crippen MR) is 45.2 cm³/mol. The van der Waals surface area contributed by atoms with Gasteiger partial charge in [0.2, 0.25) is 0 Å². The van der Waals surface area contributed by atoms with E-state index < -0.39 is 0 Å². The quantitative estimate of drug-likeness (QED) is 0.528. The summed E-state index contributed by atoms with van der Waals surface area (Å²) in [4.78, 5) is 0. The number of rotatable bonds is 0. The molecule has 1 N–H and O–H groups in total. The second-order valence-electron chi connectivity index (χ2n) is 4.72. The Bertz CT molecular complexity index is 304. The molecule has 4 rings (SSSR count). The van der Waals surface area contributed by atoms with Crippen LogP contribution < -0.4 is 0 Å². The van der Waals surface area contributed by atoms with Crippen molar-refractivity contribution in [1.29, 1.82) is 0 Å². The molecular formula is C11H12O. The van der Waals surface area contributed by atoms with Crippen LogP contribution in [-0.2, 0) is 0 Å². The fourth-order valence-corrected chi connectivity index (χ4v) is 3.89. The summed E-state index contributed by atoms with van der Waals surface area (Å²) in [5, 5.41) is 9.79. The van der Waals surface area contributed by atoms with E-state index in [4.69, 9.17) is 0 Å². The normalized spacial score (nSPS) is 68.6. The molecule has 0 radical (unpaired) electrons. The molecule has 0 spiro atoms. The van der Waals surface area contributed by atoms with Gasteiger partial charge in [-0.05, 0) is 35.5 Å². The third-order valence-electron chi connectivity index (χ3n) is 4.45. The van der Waals surface area contributed by atoms with Gasteiger partial charge in [0.25, 0.3) is 0 Å². The SMILES string of the molecule is OC1C=CC2C3C4C=CC4C1C23. The van der Waals surface area contributed by atoms with Gasteiger partial charge in [-0.2, -0.15) is 0 Å². The first-order valence-corrected chi connectivity index (χ1v) is 4.92. The molecular weight excluding hydrogens is 148 g/mol. The minimum absolute atomic E-state index is 0.142. The van der Waals surface area contributed by atoms with Gasteiger partial charge in [0.1, 0.15) is 0 Å². The first-order valence-electron chi connectivity index (χ1n) is 4.92. The maximum Gasteiger partial charge on any atom is 0.0758 e. The number of aliphatic hydroxyl groups is 1. The van der Waals surface area contributed by atoms with Crippen LogP contribution in [0.2, 0.25) is 0 Å². The predicted octanol–water partition coefficient (Wildman–Crippen LogP) is 1.21. The van der Waals surface area contributed by atoms with E-state index in [-0.39, 0.29) is 6.10 Å². The summed E-state index contributed by atoms with van der Waals surface area (Å²) in [5.74, 6) is 4.75. The van der Waals surface area contributed by atoms with Gasteiger partial charge in [0, 0.05) is 0 Å². The van der Waals surface area contributed by atoms with Gasteiger partial charge < -0.3 is 5.11 Å². The summed E-state index contributed by atoms with van der Waals surface area (Å²) in [6.07, 6.45) is 8.79. The molecule has 62 valence electrons. The van der Waals surface area contributed by atoms with Gasteiger partial charge in [-0.15, -0.1) is 0 Å². The molecule has 2 saturated carbocycles. The van der Waals surface area contributed by atoms with Crippen LogP contribution in [0.4, 0.5) is 0 Å². The van der Waals surface area contributed by atoms with Crippen LogP contribution in [-0.4, -0.2) is 11.2 Å². The van der Waals surface area contributed by atoms with Crippen LogP contribution >= 0.6 is 0 Å². The van der Waals surface area contributed by atoms with Crippen molar-refractivity contribution in [2.45, 2.75) is 6.10 Å². The van der Waals surface area contributed by atoms with Crippen LogP contribution in [0.25, 0.3) is 0 Å². The monoisotopic (exact) mass is 160 g/mol. The third-order valence-corrected chi connectivity index (χ3v) is 4.45. The van der Waals surface area contributed by atoms with E-state index in [0.717, 1.165) is 29.6 Å². The summed E-state index contributed by atoms with van der Waals surface area (Å²) in [6.45, 7) is 0. The van der Waals surface area contributed by atoms with E-state index >= 15 is 0 Å². The Labute approximate surface area is 71.8 Å². The van der Waals surface area contributed by atoms with Crippen LogP contribution in [0.3, 0.4) is 0 Å². The zero-order chi connectivity index (χ0) is 7.87.